The van der Waals surface area contributed by atoms with Crippen LogP contribution in [-0.4, -0.2) is 50.6 Å². The molecule has 11 heteroatoms. The largest absolute Gasteiger partial charge is 0.476 e. The van der Waals surface area contributed by atoms with E-state index in [4.69, 9.17) is 9.84 Å². The number of benzene rings is 1. The highest BCUT2D eigenvalue weighted by Gasteiger charge is 2.15. The van der Waals surface area contributed by atoms with Crippen LogP contribution >= 0.6 is 11.3 Å². The van der Waals surface area contributed by atoms with Gasteiger partial charge >= 0.3 is 5.97 Å². The molecule has 0 aliphatic heterocycles. The molecule has 0 spiro atoms. The second kappa shape index (κ2) is 8.85. The standard InChI is InChI=1S/C15H17N3O6S2/c1-24-7-6-17-26(22,23)11-4-2-10(3-5-11)14(19)16-8-13-18-12(9-25-13)15(20)21/h2-5,9,17H,6-8H2,1H3,(H,16,19)(H,20,21). The number of thiazole rings is 1. The SMILES string of the molecule is COCCNS(=O)(=O)c1ccc(C(=O)NCc2nc(C(=O)O)cs2)cc1. The van der Waals surface area contributed by atoms with Crippen molar-refractivity contribution in [3.8, 4) is 0 Å². The summed E-state index contributed by atoms with van der Waals surface area (Å²) < 4.78 is 31.2. The molecular formula is C15H17N3O6S2. The minimum Gasteiger partial charge on any atom is -0.476 e. The summed E-state index contributed by atoms with van der Waals surface area (Å²) >= 11 is 1.13. The van der Waals surface area contributed by atoms with Gasteiger partial charge in [-0.05, 0) is 24.3 Å². The summed E-state index contributed by atoms with van der Waals surface area (Å²) in [6.45, 7) is 0.475. The Labute approximate surface area is 154 Å². The van der Waals surface area contributed by atoms with E-state index in [-0.39, 0.29) is 35.8 Å². The zero-order valence-corrected chi connectivity index (χ0v) is 15.4. The molecule has 0 radical (unpaired) electrons. The number of hydrogen-bond acceptors (Lipinski definition) is 7. The van der Waals surface area contributed by atoms with Crippen molar-refractivity contribution in [1.29, 1.82) is 0 Å². The van der Waals surface area contributed by atoms with Crippen molar-refractivity contribution >= 4 is 33.2 Å². The average molecular weight is 399 g/mol. The fourth-order valence-corrected chi connectivity index (χ4v) is 3.62. The Morgan fingerprint density at radius 3 is 2.54 bits per heavy atom. The Balaban J connectivity index is 1.96. The van der Waals surface area contributed by atoms with Crippen LogP contribution in [0.25, 0.3) is 0 Å². The van der Waals surface area contributed by atoms with Gasteiger partial charge in [-0.15, -0.1) is 11.3 Å². The van der Waals surface area contributed by atoms with Crippen LogP contribution in [0.2, 0.25) is 0 Å². The van der Waals surface area contributed by atoms with Crippen molar-refractivity contribution in [2.75, 3.05) is 20.3 Å². The third-order valence-electron chi connectivity index (χ3n) is 3.20. The molecule has 1 amide bonds. The van der Waals surface area contributed by atoms with E-state index >= 15 is 0 Å². The van der Waals surface area contributed by atoms with E-state index in [1.165, 1.54) is 36.8 Å². The maximum Gasteiger partial charge on any atom is 0.355 e. The zero-order chi connectivity index (χ0) is 19.2. The zero-order valence-electron chi connectivity index (χ0n) is 13.8. The van der Waals surface area contributed by atoms with Gasteiger partial charge in [-0.25, -0.2) is 22.9 Å². The molecule has 26 heavy (non-hydrogen) atoms. The number of carbonyl (C=O) groups is 2. The van der Waals surface area contributed by atoms with Gasteiger partial charge < -0.3 is 15.2 Å². The number of rotatable bonds is 9. The van der Waals surface area contributed by atoms with Gasteiger partial charge in [0.1, 0.15) is 5.01 Å². The molecule has 1 aromatic heterocycles. The summed E-state index contributed by atoms with van der Waals surface area (Å²) in [6, 6.07) is 5.45. The van der Waals surface area contributed by atoms with Crippen LogP contribution in [0.1, 0.15) is 25.9 Å². The van der Waals surface area contributed by atoms with Crippen LogP contribution in [0.5, 0.6) is 0 Å². The Kier molecular flexibility index (Phi) is 6.80. The Morgan fingerprint density at radius 1 is 1.27 bits per heavy atom. The lowest BCUT2D eigenvalue weighted by Crippen LogP contribution is -2.27. The molecule has 0 atom stereocenters. The van der Waals surface area contributed by atoms with E-state index in [2.05, 4.69) is 15.0 Å². The van der Waals surface area contributed by atoms with Crippen LogP contribution in [0.15, 0.2) is 34.5 Å². The number of carboxylic acids is 1. The van der Waals surface area contributed by atoms with Crippen LogP contribution in [0, 0.1) is 0 Å². The van der Waals surface area contributed by atoms with Crippen LogP contribution < -0.4 is 10.0 Å². The number of ether oxygens (including phenoxy) is 1. The first-order valence-corrected chi connectivity index (χ1v) is 9.74. The van der Waals surface area contributed by atoms with E-state index < -0.39 is 21.9 Å². The van der Waals surface area contributed by atoms with E-state index in [0.29, 0.717) is 5.01 Å². The summed E-state index contributed by atoms with van der Waals surface area (Å²) in [7, 11) is -2.19. The van der Waals surface area contributed by atoms with E-state index in [9.17, 15) is 18.0 Å². The van der Waals surface area contributed by atoms with Gasteiger partial charge in [0, 0.05) is 24.6 Å². The first-order chi connectivity index (χ1) is 12.3. The van der Waals surface area contributed by atoms with Crippen LogP contribution in [-0.2, 0) is 21.3 Å². The molecule has 0 bridgehead atoms. The third kappa shape index (κ3) is 5.33. The first kappa shape index (κ1) is 20.0. The summed E-state index contributed by atoms with van der Waals surface area (Å²) in [4.78, 5) is 26.8. The number of hydrogen-bond donors (Lipinski definition) is 3. The second-order valence-corrected chi connectivity index (χ2v) is 7.74. The smallest absolute Gasteiger partial charge is 0.355 e. The van der Waals surface area contributed by atoms with Gasteiger partial charge in [-0.1, -0.05) is 0 Å². The predicted octanol–water partition coefficient (Wildman–Crippen LogP) is 0.696. The molecule has 0 aliphatic rings. The number of amides is 1. The van der Waals surface area contributed by atoms with Crippen molar-refractivity contribution in [2.45, 2.75) is 11.4 Å². The highest BCUT2D eigenvalue weighted by molar-refractivity contribution is 7.89. The molecule has 2 aromatic rings. The average Bonchev–Trinajstić information content (AvgIpc) is 3.09. The maximum absolute atomic E-state index is 12.1. The topological polar surface area (TPSA) is 135 Å². The van der Waals surface area contributed by atoms with Crippen molar-refractivity contribution in [1.82, 2.24) is 15.0 Å². The highest BCUT2D eigenvalue weighted by Crippen LogP contribution is 2.12. The fourth-order valence-electron chi connectivity index (χ4n) is 1.90. The number of carboxylic acid groups (broad SMARTS) is 1. The Bertz CT molecular complexity index is 877. The molecular weight excluding hydrogens is 382 g/mol. The predicted molar refractivity (Wildman–Crippen MR) is 93.8 cm³/mol. The van der Waals surface area contributed by atoms with Crippen molar-refractivity contribution in [2.24, 2.45) is 0 Å². The quantitative estimate of drug-likeness (QED) is 0.528. The number of sulfonamides is 1. The van der Waals surface area contributed by atoms with Gasteiger partial charge in [0.2, 0.25) is 10.0 Å². The monoisotopic (exact) mass is 399 g/mol. The van der Waals surface area contributed by atoms with Crippen LogP contribution in [0.4, 0.5) is 0 Å². The number of carbonyl (C=O) groups excluding carboxylic acids is 1. The number of nitrogens with one attached hydrogen (secondary N) is 2. The molecule has 9 nitrogen and oxygen atoms in total. The highest BCUT2D eigenvalue weighted by atomic mass is 32.2. The van der Waals surface area contributed by atoms with Gasteiger partial charge in [0.25, 0.3) is 5.91 Å². The normalized spacial score (nSPS) is 11.3. The lowest BCUT2D eigenvalue weighted by Gasteiger charge is -2.07. The Morgan fingerprint density at radius 2 is 1.96 bits per heavy atom. The van der Waals surface area contributed by atoms with E-state index in [0.717, 1.165) is 11.3 Å². The fraction of sp³-hybridized carbons (Fsp3) is 0.267. The second-order valence-electron chi connectivity index (χ2n) is 5.03. The number of methoxy groups -OCH3 is 1. The molecule has 140 valence electrons. The molecule has 3 N–H and O–H groups in total. The summed E-state index contributed by atoms with van der Waals surface area (Å²) in [5.74, 6) is -1.55. The lowest BCUT2D eigenvalue weighted by molar-refractivity contribution is 0.0691. The van der Waals surface area contributed by atoms with Gasteiger partial charge in [0.15, 0.2) is 5.69 Å². The maximum atomic E-state index is 12.1. The molecule has 1 heterocycles. The van der Waals surface area contributed by atoms with Crippen molar-refractivity contribution in [3.05, 3.63) is 45.9 Å². The summed E-state index contributed by atoms with van der Waals surface area (Å²) in [6.07, 6.45) is 0. The minimum atomic E-state index is -3.66. The molecule has 0 unspecified atom stereocenters. The third-order valence-corrected chi connectivity index (χ3v) is 5.52. The number of nitrogens with zero attached hydrogens (tertiary/aromatic N) is 1. The van der Waals surface area contributed by atoms with Crippen molar-refractivity contribution in [3.63, 3.8) is 0 Å². The van der Waals surface area contributed by atoms with Crippen molar-refractivity contribution < 1.29 is 27.9 Å². The minimum absolute atomic E-state index is 0.0381. The van der Waals surface area contributed by atoms with Gasteiger partial charge in [-0.3, -0.25) is 4.79 Å². The summed E-state index contributed by atoms with van der Waals surface area (Å²) in [5.41, 5.74) is 0.200. The molecule has 0 saturated heterocycles. The number of aromatic carboxylic acids is 1. The molecule has 2 rings (SSSR count). The summed E-state index contributed by atoms with van der Waals surface area (Å²) in [5, 5.41) is 13.3. The van der Waals surface area contributed by atoms with Crippen LogP contribution in [0.3, 0.4) is 0 Å². The van der Waals surface area contributed by atoms with Gasteiger partial charge in [-0.2, -0.15) is 0 Å². The molecule has 0 aliphatic carbocycles. The molecule has 1 aromatic carbocycles. The lowest BCUT2D eigenvalue weighted by atomic mass is 10.2. The number of aromatic nitrogens is 1. The van der Waals surface area contributed by atoms with E-state index in [1.807, 2.05) is 0 Å². The molecule has 0 fully saturated rings. The van der Waals surface area contributed by atoms with Gasteiger partial charge in [0.05, 0.1) is 18.0 Å². The Hall–Kier alpha value is -2.34. The first-order valence-electron chi connectivity index (χ1n) is 7.38. The van der Waals surface area contributed by atoms with E-state index in [1.54, 1.807) is 0 Å². The molecule has 0 saturated carbocycles.